The standard InChI is InChI=1S/C8H11N2O2S/c1-8(2,3)12-7(11)10-6-9-4-5-13-6/h5H,1-3H3,(H,9,10,11). The lowest BCUT2D eigenvalue weighted by Crippen LogP contribution is -2.27. The quantitative estimate of drug-likeness (QED) is 0.755. The first-order valence-corrected chi connectivity index (χ1v) is 4.67. The van der Waals surface area contributed by atoms with E-state index in [-0.39, 0.29) is 0 Å². The summed E-state index contributed by atoms with van der Waals surface area (Å²) in [6, 6.07) is 0. The van der Waals surface area contributed by atoms with E-state index in [9.17, 15) is 4.79 Å². The van der Waals surface area contributed by atoms with E-state index in [1.807, 2.05) is 0 Å². The predicted molar refractivity (Wildman–Crippen MR) is 50.8 cm³/mol. The number of hydrogen-bond donors (Lipinski definition) is 1. The van der Waals surface area contributed by atoms with Crippen molar-refractivity contribution in [1.82, 2.24) is 4.98 Å². The fourth-order valence-electron chi connectivity index (χ4n) is 0.642. The van der Waals surface area contributed by atoms with Gasteiger partial charge in [-0.25, -0.2) is 9.78 Å². The fourth-order valence-corrected chi connectivity index (χ4v) is 1.11. The smallest absolute Gasteiger partial charge is 0.413 e. The van der Waals surface area contributed by atoms with Crippen LogP contribution in [-0.2, 0) is 4.74 Å². The third kappa shape index (κ3) is 3.89. The van der Waals surface area contributed by atoms with Crippen LogP contribution in [0.3, 0.4) is 0 Å². The molecule has 0 fully saturated rings. The van der Waals surface area contributed by atoms with Gasteiger partial charge in [-0.1, -0.05) is 0 Å². The minimum Gasteiger partial charge on any atom is -0.444 e. The van der Waals surface area contributed by atoms with Crippen molar-refractivity contribution in [3.8, 4) is 0 Å². The maximum absolute atomic E-state index is 11.1. The van der Waals surface area contributed by atoms with E-state index in [4.69, 9.17) is 4.74 Å². The first kappa shape index (κ1) is 9.98. The van der Waals surface area contributed by atoms with Gasteiger partial charge in [0.15, 0.2) is 5.13 Å². The lowest BCUT2D eigenvalue weighted by atomic mass is 10.2. The topological polar surface area (TPSA) is 51.2 Å². The number of thiazole rings is 1. The number of hydrogen-bond acceptors (Lipinski definition) is 4. The van der Waals surface area contributed by atoms with Crippen molar-refractivity contribution < 1.29 is 9.53 Å². The SMILES string of the molecule is CC(C)(C)OC(=O)Nc1n[c]cs1. The van der Waals surface area contributed by atoms with Crippen LogP contribution in [0.4, 0.5) is 9.93 Å². The van der Waals surface area contributed by atoms with Crippen molar-refractivity contribution in [2.24, 2.45) is 0 Å². The lowest BCUT2D eigenvalue weighted by Gasteiger charge is -2.18. The van der Waals surface area contributed by atoms with Crippen molar-refractivity contribution in [2.75, 3.05) is 5.32 Å². The van der Waals surface area contributed by atoms with Crippen LogP contribution in [-0.4, -0.2) is 16.7 Å². The van der Waals surface area contributed by atoms with Gasteiger partial charge in [-0.2, -0.15) is 0 Å². The highest BCUT2D eigenvalue weighted by Gasteiger charge is 2.16. The van der Waals surface area contributed by atoms with E-state index >= 15 is 0 Å². The molecule has 1 aromatic rings. The molecule has 0 aromatic carbocycles. The third-order valence-electron chi connectivity index (χ3n) is 0.997. The molecule has 0 saturated heterocycles. The van der Waals surface area contributed by atoms with Crippen LogP contribution >= 0.6 is 11.3 Å². The van der Waals surface area contributed by atoms with Gasteiger partial charge in [0, 0.05) is 5.38 Å². The van der Waals surface area contributed by atoms with Gasteiger partial charge in [-0.3, -0.25) is 5.32 Å². The molecule has 71 valence electrons. The number of carbonyl (C=O) groups excluding carboxylic acids is 1. The first-order valence-electron chi connectivity index (χ1n) is 3.79. The molecule has 1 rings (SSSR count). The number of nitrogens with zero attached hydrogens (tertiary/aromatic N) is 1. The maximum Gasteiger partial charge on any atom is 0.413 e. The van der Waals surface area contributed by atoms with Gasteiger partial charge in [0.1, 0.15) is 11.8 Å². The van der Waals surface area contributed by atoms with Crippen molar-refractivity contribution in [2.45, 2.75) is 26.4 Å². The molecule has 0 spiro atoms. The Morgan fingerprint density at radius 2 is 2.38 bits per heavy atom. The van der Waals surface area contributed by atoms with Crippen molar-refractivity contribution in [1.29, 1.82) is 0 Å². The van der Waals surface area contributed by atoms with Crippen LogP contribution in [0.1, 0.15) is 20.8 Å². The Kier molecular flexibility index (Phi) is 2.87. The van der Waals surface area contributed by atoms with E-state index < -0.39 is 11.7 Å². The van der Waals surface area contributed by atoms with E-state index in [1.54, 1.807) is 26.2 Å². The average molecular weight is 199 g/mol. The van der Waals surface area contributed by atoms with Crippen LogP contribution in [0.5, 0.6) is 0 Å². The molecule has 1 heterocycles. The molecule has 1 amide bonds. The van der Waals surface area contributed by atoms with Crippen LogP contribution < -0.4 is 5.32 Å². The van der Waals surface area contributed by atoms with E-state index in [2.05, 4.69) is 16.5 Å². The number of nitrogens with one attached hydrogen (secondary N) is 1. The van der Waals surface area contributed by atoms with Crippen molar-refractivity contribution in [3.63, 3.8) is 0 Å². The highest BCUT2D eigenvalue weighted by molar-refractivity contribution is 7.13. The Balaban J connectivity index is 2.43. The van der Waals surface area contributed by atoms with Gasteiger partial charge in [0.05, 0.1) is 0 Å². The molecular formula is C8H11N2O2S. The van der Waals surface area contributed by atoms with E-state index in [1.165, 1.54) is 11.3 Å². The monoisotopic (exact) mass is 199 g/mol. The zero-order valence-corrected chi connectivity index (χ0v) is 8.57. The molecule has 0 aliphatic carbocycles. The van der Waals surface area contributed by atoms with Gasteiger partial charge < -0.3 is 4.74 Å². The molecule has 13 heavy (non-hydrogen) atoms. The molecule has 1 radical (unpaired) electrons. The molecule has 1 N–H and O–H groups in total. The summed E-state index contributed by atoms with van der Waals surface area (Å²) in [5.41, 5.74) is -0.481. The van der Waals surface area contributed by atoms with Crippen LogP contribution in [0.25, 0.3) is 0 Å². The molecule has 0 aliphatic heterocycles. The number of aromatic nitrogens is 1. The summed E-state index contributed by atoms with van der Waals surface area (Å²) in [4.78, 5) is 14.9. The second-order valence-electron chi connectivity index (χ2n) is 3.41. The number of amides is 1. The van der Waals surface area contributed by atoms with Gasteiger partial charge in [-0.05, 0) is 20.8 Å². The van der Waals surface area contributed by atoms with Crippen molar-refractivity contribution >= 4 is 22.6 Å². The molecular weight excluding hydrogens is 188 g/mol. The Bertz CT molecular complexity index is 277. The summed E-state index contributed by atoms with van der Waals surface area (Å²) in [5.74, 6) is 0. The molecule has 4 nitrogen and oxygen atoms in total. The zero-order valence-electron chi connectivity index (χ0n) is 7.75. The van der Waals surface area contributed by atoms with Gasteiger partial charge in [-0.15, -0.1) is 11.3 Å². The summed E-state index contributed by atoms with van der Waals surface area (Å²) in [6.45, 7) is 5.42. The molecule has 1 aromatic heterocycles. The summed E-state index contributed by atoms with van der Waals surface area (Å²) >= 11 is 1.30. The Hall–Kier alpha value is -1.10. The number of ether oxygens (including phenoxy) is 1. The van der Waals surface area contributed by atoms with Gasteiger partial charge in [0.25, 0.3) is 0 Å². The summed E-state index contributed by atoms with van der Waals surface area (Å²) in [7, 11) is 0. The number of rotatable bonds is 1. The zero-order chi connectivity index (χ0) is 9.90. The molecule has 0 unspecified atom stereocenters. The van der Waals surface area contributed by atoms with Gasteiger partial charge >= 0.3 is 6.09 Å². The first-order chi connectivity index (χ1) is 5.97. The minimum absolute atomic E-state index is 0.481. The molecule has 0 atom stereocenters. The second-order valence-corrected chi connectivity index (χ2v) is 4.27. The molecule has 0 aliphatic rings. The minimum atomic E-state index is -0.490. The van der Waals surface area contributed by atoms with Gasteiger partial charge in [0.2, 0.25) is 0 Å². The third-order valence-corrected chi connectivity index (χ3v) is 1.64. The Morgan fingerprint density at radius 3 is 2.85 bits per heavy atom. The molecule has 0 bridgehead atoms. The number of carbonyl (C=O) groups is 1. The highest BCUT2D eigenvalue weighted by atomic mass is 32.1. The largest absolute Gasteiger partial charge is 0.444 e. The van der Waals surface area contributed by atoms with Crippen LogP contribution in [0, 0.1) is 6.20 Å². The summed E-state index contributed by atoms with van der Waals surface area (Å²) in [6.07, 6.45) is 2.11. The molecule has 0 saturated carbocycles. The summed E-state index contributed by atoms with van der Waals surface area (Å²) < 4.78 is 5.01. The van der Waals surface area contributed by atoms with E-state index in [0.29, 0.717) is 5.13 Å². The summed E-state index contributed by atoms with van der Waals surface area (Å²) in [5, 5.41) is 4.65. The molecule has 5 heteroatoms. The van der Waals surface area contributed by atoms with E-state index in [0.717, 1.165) is 0 Å². The second kappa shape index (κ2) is 3.74. The van der Waals surface area contributed by atoms with Crippen LogP contribution in [0.15, 0.2) is 5.38 Å². The maximum atomic E-state index is 11.1. The Labute approximate surface area is 80.9 Å². The normalized spacial score (nSPS) is 11.0. The number of anilines is 1. The highest BCUT2D eigenvalue weighted by Crippen LogP contribution is 2.13. The Morgan fingerprint density at radius 1 is 1.69 bits per heavy atom. The van der Waals surface area contributed by atoms with Crippen LogP contribution in [0.2, 0.25) is 0 Å². The predicted octanol–water partition coefficient (Wildman–Crippen LogP) is 2.29. The average Bonchev–Trinajstić information content (AvgIpc) is 2.34. The fraction of sp³-hybridized carbons (Fsp3) is 0.500. The van der Waals surface area contributed by atoms with Crippen molar-refractivity contribution in [3.05, 3.63) is 11.6 Å². The lowest BCUT2D eigenvalue weighted by molar-refractivity contribution is 0.0636.